The van der Waals surface area contributed by atoms with Gasteiger partial charge in [-0.1, -0.05) is 11.6 Å². The smallest absolute Gasteiger partial charge is 0.422 e. The van der Waals surface area contributed by atoms with Gasteiger partial charge in [-0.15, -0.1) is 0 Å². The molecule has 0 aliphatic carbocycles. The van der Waals surface area contributed by atoms with Gasteiger partial charge in [0.2, 0.25) is 0 Å². The number of hydrogen-bond acceptors (Lipinski definition) is 3. The highest BCUT2D eigenvalue weighted by Gasteiger charge is 2.31. The fourth-order valence-corrected chi connectivity index (χ4v) is 1.46. The summed E-state index contributed by atoms with van der Waals surface area (Å²) in [6.45, 7) is -3.53. The van der Waals surface area contributed by atoms with Gasteiger partial charge in [-0.3, -0.25) is 0 Å². The maximum absolute atomic E-state index is 12.1. The van der Waals surface area contributed by atoms with Crippen LogP contribution in [-0.2, 0) is 0 Å². The van der Waals surface area contributed by atoms with Crippen molar-refractivity contribution < 1.29 is 45.7 Å². The first kappa shape index (κ1) is 18.2. The van der Waals surface area contributed by atoms with E-state index in [2.05, 4.69) is 9.47 Å². The molecule has 1 aromatic rings. The Balaban J connectivity index is 3.05. The van der Waals surface area contributed by atoms with Gasteiger partial charge in [-0.05, 0) is 6.07 Å². The highest BCUT2D eigenvalue weighted by Crippen LogP contribution is 2.34. The highest BCUT2D eigenvalue weighted by molar-refractivity contribution is 6.32. The van der Waals surface area contributed by atoms with E-state index in [0.29, 0.717) is 12.1 Å². The second kappa shape index (κ2) is 6.51. The Kier molecular flexibility index (Phi) is 5.39. The number of ether oxygens (including phenoxy) is 2. The molecule has 0 atom stereocenters. The maximum Gasteiger partial charge on any atom is 0.422 e. The molecule has 0 saturated carbocycles. The lowest BCUT2D eigenvalue weighted by Crippen LogP contribution is -2.21. The predicted octanol–water partition coefficient (Wildman–Crippen LogP) is 3.92. The molecule has 0 radical (unpaired) electrons. The van der Waals surface area contributed by atoms with Crippen LogP contribution in [0.15, 0.2) is 12.1 Å². The molecule has 1 rings (SSSR count). The number of alkyl halides is 6. The van der Waals surface area contributed by atoms with E-state index in [1.54, 1.807) is 0 Å². The van der Waals surface area contributed by atoms with Crippen LogP contribution in [0.2, 0.25) is 5.02 Å². The summed E-state index contributed by atoms with van der Waals surface area (Å²) >= 11 is 5.54. The summed E-state index contributed by atoms with van der Waals surface area (Å²) in [5.41, 5.74) is -0.814. The first-order valence-corrected chi connectivity index (χ1v) is 5.73. The van der Waals surface area contributed by atoms with Crippen molar-refractivity contribution in [3.05, 3.63) is 22.7 Å². The third-order valence-electron chi connectivity index (χ3n) is 2.05. The quantitative estimate of drug-likeness (QED) is 0.816. The molecular formula is C11H7ClF6O4. The lowest BCUT2D eigenvalue weighted by molar-refractivity contribution is -0.154. The normalized spacial score (nSPS) is 12.1. The van der Waals surface area contributed by atoms with Crippen molar-refractivity contribution in [2.45, 2.75) is 12.4 Å². The van der Waals surface area contributed by atoms with E-state index in [0.717, 1.165) is 0 Å². The Bertz CT molecular complexity index is 555. The molecule has 0 amide bonds. The number of carboxylic acid groups (broad SMARTS) is 1. The Labute approximate surface area is 124 Å². The van der Waals surface area contributed by atoms with Gasteiger partial charge in [0.1, 0.15) is 17.1 Å². The van der Waals surface area contributed by atoms with Crippen molar-refractivity contribution in [3.8, 4) is 11.5 Å². The highest BCUT2D eigenvalue weighted by atomic mass is 35.5. The van der Waals surface area contributed by atoms with Crippen LogP contribution in [0.1, 0.15) is 10.4 Å². The van der Waals surface area contributed by atoms with E-state index < -0.39 is 53.6 Å². The molecular weight excluding hydrogens is 346 g/mol. The van der Waals surface area contributed by atoms with Gasteiger partial charge in [0.05, 0.1) is 5.02 Å². The Hall–Kier alpha value is -1.84. The molecule has 1 N–H and O–H groups in total. The minimum atomic E-state index is -4.73. The van der Waals surface area contributed by atoms with Gasteiger partial charge in [0, 0.05) is 6.07 Å². The SMILES string of the molecule is O=C(O)c1cc(OCC(F)(F)F)c(Cl)cc1OCC(F)(F)F. The summed E-state index contributed by atoms with van der Waals surface area (Å²) in [5.74, 6) is -3.10. The monoisotopic (exact) mass is 352 g/mol. The average Bonchev–Trinajstić information content (AvgIpc) is 2.32. The lowest BCUT2D eigenvalue weighted by atomic mass is 10.2. The molecule has 22 heavy (non-hydrogen) atoms. The number of aromatic carboxylic acids is 1. The number of benzene rings is 1. The Morgan fingerprint density at radius 1 is 1.00 bits per heavy atom. The zero-order chi connectivity index (χ0) is 17.1. The maximum atomic E-state index is 12.1. The van der Waals surface area contributed by atoms with Gasteiger partial charge in [-0.2, -0.15) is 26.3 Å². The Morgan fingerprint density at radius 3 is 1.86 bits per heavy atom. The van der Waals surface area contributed by atoms with E-state index in [9.17, 15) is 31.1 Å². The molecule has 0 heterocycles. The molecule has 1 aromatic carbocycles. The third-order valence-corrected chi connectivity index (χ3v) is 2.34. The van der Waals surface area contributed by atoms with Gasteiger partial charge in [0.25, 0.3) is 0 Å². The van der Waals surface area contributed by atoms with Crippen LogP contribution in [0.25, 0.3) is 0 Å². The number of carboxylic acids is 1. The first-order valence-electron chi connectivity index (χ1n) is 5.35. The number of hydrogen-bond donors (Lipinski definition) is 1. The van der Waals surface area contributed by atoms with Crippen LogP contribution in [0.3, 0.4) is 0 Å². The van der Waals surface area contributed by atoms with E-state index in [-0.39, 0.29) is 0 Å². The fourth-order valence-electron chi connectivity index (χ4n) is 1.25. The zero-order valence-electron chi connectivity index (χ0n) is 10.4. The molecule has 124 valence electrons. The summed E-state index contributed by atoms with van der Waals surface area (Å²) in [7, 11) is 0. The van der Waals surface area contributed by atoms with Crippen molar-refractivity contribution in [1.29, 1.82) is 0 Å². The van der Waals surface area contributed by atoms with E-state index >= 15 is 0 Å². The minimum Gasteiger partial charge on any atom is -0.483 e. The van der Waals surface area contributed by atoms with Crippen LogP contribution in [-0.4, -0.2) is 36.6 Å². The van der Waals surface area contributed by atoms with Gasteiger partial charge in [-0.25, -0.2) is 4.79 Å². The van der Waals surface area contributed by atoms with Crippen LogP contribution >= 0.6 is 11.6 Å². The van der Waals surface area contributed by atoms with Crippen LogP contribution in [0.4, 0.5) is 26.3 Å². The largest absolute Gasteiger partial charge is 0.483 e. The van der Waals surface area contributed by atoms with E-state index in [4.69, 9.17) is 16.7 Å². The molecule has 0 spiro atoms. The molecule has 0 saturated heterocycles. The van der Waals surface area contributed by atoms with Crippen molar-refractivity contribution >= 4 is 17.6 Å². The second-order valence-corrected chi connectivity index (χ2v) is 4.30. The van der Waals surface area contributed by atoms with E-state index in [1.165, 1.54) is 0 Å². The number of carbonyl (C=O) groups is 1. The molecule has 0 unspecified atom stereocenters. The van der Waals surface area contributed by atoms with E-state index in [1.807, 2.05) is 0 Å². The lowest BCUT2D eigenvalue weighted by Gasteiger charge is -2.15. The van der Waals surface area contributed by atoms with Crippen molar-refractivity contribution in [1.82, 2.24) is 0 Å². The zero-order valence-corrected chi connectivity index (χ0v) is 11.1. The molecule has 0 bridgehead atoms. The standard InChI is InChI=1S/C11H7ClF6O4/c12-6-2-7(21-3-10(13,14)15)5(9(19)20)1-8(6)22-4-11(16,17)18/h1-2H,3-4H2,(H,19,20). The van der Waals surface area contributed by atoms with Gasteiger partial charge >= 0.3 is 18.3 Å². The first-order chi connectivity index (χ1) is 9.89. The second-order valence-electron chi connectivity index (χ2n) is 3.89. The van der Waals surface area contributed by atoms with Crippen LogP contribution < -0.4 is 9.47 Å². The molecule has 0 aliphatic heterocycles. The van der Waals surface area contributed by atoms with Gasteiger partial charge < -0.3 is 14.6 Å². The van der Waals surface area contributed by atoms with Crippen LogP contribution in [0, 0.1) is 0 Å². The summed E-state index contributed by atoms with van der Waals surface area (Å²) < 4.78 is 80.8. The van der Waals surface area contributed by atoms with Crippen LogP contribution in [0.5, 0.6) is 11.5 Å². The van der Waals surface area contributed by atoms with Crippen molar-refractivity contribution in [2.75, 3.05) is 13.2 Å². The van der Waals surface area contributed by atoms with Gasteiger partial charge in [0.15, 0.2) is 13.2 Å². The Morgan fingerprint density at radius 2 is 1.45 bits per heavy atom. The molecule has 0 aromatic heterocycles. The number of halogens is 7. The summed E-state index contributed by atoms with van der Waals surface area (Å²) in [5, 5.41) is 8.33. The van der Waals surface area contributed by atoms with Crippen molar-refractivity contribution in [3.63, 3.8) is 0 Å². The summed E-state index contributed by atoms with van der Waals surface area (Å²) in [4.78, 5) is 10.9. The summed E-state index contributed by atoms with van der Waals surface area (Å²) in [6.07, 6.45) is -9.42. The summed E-state index contributed by atoms with van der Waals surface area (Å²) in [6, 6.07) is 1.20. The fraction of sp³-hybridized carbons (Fsp3) is 0.364. The molecule has 11 heteroatoms. The molecule has 0 aliphatic rings. The number of rotatable bonds is 5. The molecule has 4 nitrogen and oxygen atoms in total. The van der Waals surface area contributed by atoms with Crippen molar-refractivity contribution in [2.24, 2.45) is 0 Å². The predicted molar refractivity (Wildman–Crippen MR) is 61.5 cm³/mol. The minimum absolute atomic E-state index is 0.522. The average molecular weight is 353 g/mol. The topological polar surface area (TPSA) is 55.8 Å². The third kappa shape index (κ3) is 5.88. The molecule has 0 fully saturated rings.